The van der Waals surface area contributed by atoms with E-state index in [0.717, 1.165) is 7.11 Å². The van der Waals surface area contributed by atoms with Crippen LogP contribution in [-0.2, 0) is 4.74 Å². The van der Waals surface area contributed by atoms with Gasteiger partial charge in [-0.1, -0.05) is 0 Å². The van der Waals surface area contributed by atoms with Gasteiger partial charge in [-0.3, -0.25) is 4.90 Å². The second-order valence-electron chi connectivity index (χ2n) is 3.05. The molecule has 1 N–H and O–H groups in total. The average molecular weight is 190 g/mol. The number of rotatable bonds is 1. The zero-order valence-electron chi connectivity index (χ0n) is 8.50. The lowest BCUT2D eigenvalue weighted by Gasteiger charge is -2.07. The molecule has 0 saturated carbocycles. The molecule has 1 aliphatic rings. The minimum absolute atomic E-state index is 1.04. The maximum absolute atomic E-state index is 9.03. The number of carboxylic acid groups (broad SMARTS) is 1. The fourth-order valence-electron chi connectivity index (χ4n) is 1.18. The van der Waals surface area contributed by atoms with Crippen LogP contribution in [0.1, 0.15) is 6.92 Å². The van der Waals surface area contributed by atoms with E-state index in [1.807, 2.05) is 0 Å². The lowest BCUT2D eigenvalue weighted by Crippen LogP contribution is -3.10. The molecule has 78 valence electrons. The molecule has 0 amide bonds. The van der Waals surface area contributed by atoms with E-state index in [2.05, 4.69) is 23.6 Å². The molecule has 0 aromatic carbocycles. The predicted octanol–water partition coefficient (Wildman–Crippen LogP) is -2.23. The van der Waals surface area contributed by atoms with Crippen LogP contribution >= 0.6 is 0 Å². The Morgan fingerprint density at radius 2 is 2.23 bits per heavy atom. The van der Waals surface area contributed by atoms with Crippen molar-refractivity contribution in [3.63, 3.8) is 0 Å². The van der Waals surface area contributed by atoms with Crippen LogP contribution in [0.4, 0.5) is 4.79 Å². The highest BCUT2D eigenvalue weighted by Gasteiger charge is 2.16. The number of ether oxygens (including phenoxy) is 1. The summed E-state index contributed by atoms with van der Waals surface area (Å²) >= 11 is 0. The Bertz CT molecular complexity index is 152. The van der Waals surface area contributed by atoms with Crippen LogP contribution in [-0.4, -0.2) is 51.5 Å². The van der Waals surface area contributed by atoms with E-state index < -0.39 is 6.16 Å². The fraction of sp³-hybridized carbons (Fsp3) is 0.875. The number of carbonyl (C=O) groups is 1. The van der Waals surface area contributed by atoms with Crippen molar-refractivity contribution in [1.82, 2.24) is 4.90 Å². The second-order valence-corrected chi connectivity index (χ2v) is 3.05. The smallest absolute Gasteiger partial charge is 0.251 e. The molecule has 0 radical (unpaired) electrons. The van der Waals surface area contributed by atoms with Crippen LogP contribution in [0, 0.1) is 0 Å². The Morgan fingerprint density at radius 1 is 1.69 bits per heavy atom. The van der Waals surface area contributed by atoms with Crippen molar-refractivity contribution in [1.29, 1.82) is 0 Å². The van der Waals surface area contributed by atoms with Gasteiger partial charge in [0.15, 0.2) is 0 Å². The molecule has 0 bridgehead atoms. The Balaban J connectivity index is 0.000000252. The molecule has 1 atom stereocenters. The Morgan fingerprint density at radius 3 is 2.38 bits per heavy atom. The summed E-state index contributed by atoms with van der Waals surface area (Å²) in [6, 6.07) is 0. The predicted molar refractivity (Wildman–Crippen MR) is 46.3 cm³/mol. The molecule has 13 heavy (non-hydrogen) atoms. The summed E-state index contributed by atoms with van der Waals surface area (Å²) < 4.78 is 3.56. The molecule has 1 heterocycles. The van der Waals surface area contributed by atoms with Crippen molar-refractivity contribution in [2.24, 2.45) is 0 Å². The van der Waals surface area contributed by atoms with Crippen LogP contribution in [0.25, 0.3) is 0 Å². The molecular weight excluding hydrogens is 172 g/mol. The molecule has 1 saturated heterocycles. The van der Waals surface area contributed by atoms with Gasteiger partial charge in [0.2, 0.25) is 0 Å². The average Bonchev–Trinajstić information content (AvgIpc) is 2.52. The molecule has 0 spiro atoms. The van der Waals surface area contributed by atoms with Gasteiger partial charge in [-0.15, -0.1) is 0 Å². The summed E-state index contributed by atoms with van der Waals surface area (Å²) in [5.41, 5.74) is 0. The van der Waals surface area contributed by atoms with Crippen LogP contribution in [0.5, 0.6) is 0 Å². The third-order valence-corrected chi connectivity index (χ3v) is 2.01. The molecule has 1 unspecified atom stereocenters. The highest BCUT2D eigenvalue weighted by atomic mass is 16.6. The minimum Gasteiger partial charge on any atom is -0.553 e. The molecule has 1 rings (SSSR count). The highest BCUT2D eigenvalue weighted by molar-refractivity contribution is 5.53. The summed E-state index contributed by atoms with van der Waals surface area (Å²) in [6.45, 7) is 7.39. The molecule has 5 heteroatoms. The third kappa shape index (κ3) is 6.36. The van der Waals surface area contributed by atoms with Gasteiger partial charge in [0.1, 0.15) is 6.67 Å². The minimum atomic E-state index is -1.50. The summed E-state index contributed by atoms with van der Waals surface area (Å²) in [7, 11) is 3.22. The van der Waals surface area contributed by atoms with Gasteiger partial charge >= 0.3 is 0 Å². The summed E-state index contributed by atoms with van der Waals surface area (Å²) in [5.74, 6) is 0. The Kier molecular flexibility index (Phi) is 6.26. The van der Waals surface area contributed by atoms with Crippen LogP contribution < -0.4 is 10.0 Å². The van der Waals surface area contributed by atoms with Crippen molar-refractivity contribution in [2.75, 3.05) is 40.5 Å². The molecule has 1 fully saturated rings. The zero-order valence-corrected chi connectivity index (χ0v) is 8.50. The first-order chi connectivity index (χ1) is 6.10. The van der Waals surface area contributed by atoms with E-state index in [9.17, 15) is 0 Å². The van der Waals surface area contributed by atoms with Crippen molar-refractivity contribution in [3.8, 4) is 0 Å². The summed E-state index contributed by atoms with van der Waals surface area (Å²) in [4.78, 5) is 13.1. The molecular formula is C8H18N2O3. The molecule has 1 aliphatic heterocycles. The normalized spacial score (nSPS) is 21.9. The van der Waals surface area contributed by atoms with Gasteiger partial charge in [-0.2, -0.15) is 0 Å². The number of hydrogen-bond acceptors (Lipinski definition) is 4. The van der Waals surface area contributed by atoms with Crippen LogP contribution in [0.3, 0.4) is 0 Å². The lowest BCUT2D eigenvalue weighted by atomic mass is 10.6. The first-order valence-electron chi connectivity index (χ1n) is 4.37. The second kappa shape index (κ2) is 6.68. The van der Waals surface area contributed by atoms with Crippen molar-refractivity contribution in [3.05, 3.63) is 0 Å². The standard InChI is InChI=1S/C6H14N2.C2H4O3/c1-3-8-5-4-7(2)6-8;1-5-2(3)4/h3-6H2,1-2H3;1H3,(H,3,4). The quantitative estimate of drug-likeness (QED) is 0.475. The van der Waals surface area contributed by atoms with E-state index in [-0.39, 0.29) is 0 Å². The number of methoxy groups -OCH3 is 1. The van der Waals surface area contributed by atoms with Crippen molar-refractivity contribution >= 4 is 6.16 Å². The number of nitrogens with one attached hydrogen (secondary N) is 1. The first kappa shape index (κ1) is 12.2. The van der Waals surface area contributed by atoms with E-state index >= 15 is 0 Å². The van der Waals surface area contributed by atoms with Crippen molar-refractivity contribution in [2.45, 2.75) is 6.92 Å². The number of nitrogens with zero attached hydrogens (tertiary/aromatic N) is 1. The van der Waals surface area contributed by atoms with E-state index in [4.69, 9.17) is 9.90 Å². The first-order valence-corrected chi connectivity index (χ1v) is 4.37. The fourth-order valence-corrected chi connectivity index (χ4v) is 1.18. The van der Waals surface area contributed by atoms with Gasteiger partial charge in [-0.05, 0) is 14.0 Å². The lowest BCUT2D eigenvalue weighted by molar-refractivity contribution is -0.889. The van der Waals surface area contributed by atoms with Crippen LogP contribution in [0.15, 0.2) is 0 Å². The maximum Gasteiger partial charge on any atom is 0.251 e. The molecule has 0 aromatic rings. The molecule has 5 nitrogen and oxygen atoms in total. The number of quaternary nitrogens is 1. The van der Waals surface area contributed by atoms with Crippen LogP contribution in [0.2, 0.25) is 0 Å². The summed E-state index contributed by atoms with van der Waals surface area (Å²) in [5, 5.41) is 9.03. The Labute approximate surface area is 78.9 Å². The van der Waals surface area contributed by atoms with E-state index in [1.54, 1.807) is 4.90 Å². The number of likely N-dealkylation sites (N-methyl/N-ethyl adjacent to an activating group) is 2. The zero-order chi connectivity index (χ0) is 10.3. The summed E-state index contributed by atoms with van der Waals surface area (Å²) in [6.07, 6.45) is -1.50. The van der Waals surface area contributed by atoms with E-state index in [0.29, 0.717) is 0 Å². The third-order valence-electron chi connectivity index (χ3n) is 2.01. The number of carbonyl (C=O) groups excluding carboxylic acids is 1. The molecule has 0 aliphatic carbocycles. The van der Waals surface area contributed by atoms with Gasteiger partial charge in [0.05, 0.1) is 19.6 Å². The van der Waals surface area contributed by atoms with Gasteiger partial charge < -0.3 is 19.5 Å². The highest BCUT2D eigenvalue weighted by Crippen LogP contribution is 1.78. The molecule has 0 aromatic heterocycles. The van der Waals surface area contributed by atoms with Gasteiger partial charge in [0, 0.05) is 7.11 Å². The monoisotopic (exact) mass is 190 g/mol. The largest absolute Gasteiger partial charge is 0.553 e. The topological polar surface area (TPSA) is 57.0 Å². The number of hydrogen-bond donors (Lipinski definition) is 1. The maximum atomic E-state index is 9.03. The van der Waals surface area contributed by atoms with E-state index in [1.165, 1.54) is 26.3 Å². The SMILES string of the molecule is CC[NH+]1CCN(C)C1.COC(=O)[O-]. The van der Waals surface area contributed by atoms with Crippen molar-refractivity contribution < 1.29 is 19.5 Å². The Hall–Kier alpha value is -0.810. The van der Waals surface area contributed by atoms with Gasteiger partial charge in [-0.25, -0.2) is 0 Å². The van der Waals surface area contributed by atoms with Gasteiger partial charge in [0.25, 0.3) is 6.16 Å².